The lowest BCUT2D eigenvalue weighted by molar-refractivity contribution is 0.0928. The van der Waals surface area contributed by atoms with E-state index >= 15 is 0 Å². The summed E-state index contributed by atoms with van der Waals surface area (Å²) in [6.07, 6.45) is 1.07. The number of rotatable bonds is 5. The molecule has 0 spiro atoms. The van der Waals surface area contributed by atoms with E-state index in [0.29, 0.717) is 12.0 Å². The lowest BCUT2D eigenvalue weighted by Gasteiger charge is -2.19. The van der Waals surface area contributed by atoms with Gasteiger partial charge >= 0.3 is 6.09 Å². The Morgan fingerprint density at radius 3 is 2.90 bits per heavy atom. The van der Waals surface area contributed by atoms with Crippen molar-refractivity contribution in [2.75, 3.05) is 20.3 Å². The van der Waals surface area contributed by atoms with Gasteiger partial charge in [-0.3, -0.25) is 9.78 Å². The van der Waals surface area contributed by atoms with Gasteiger partial charge in [-0.2, -0.15) is 5.26 Å². The minimum Gasteiger partial charge on any atom is -0.465 e. The van der Waals surface area contributed by atoms with Crippen LogP contribution in [-0.4, -0.2) is 59.3 Å². The zero-order valence-corrected chi connectivity index (χ0v) is 16.3. The molecule has 1 aromatic carbocycles. The van der Waals surface area contributed by atoms with E-state index in [4.69, 9.17) is 10.00 Å². The summed E-state index contributed by atoms with van der Waals surface area (Å²) in [7, 11) is 1.52. The van der Waals surface area contributed by atoms with E-state index in [1.165, 1.54) is 12.0 Å². The molecule has 1 saturated heterocycles. The summed E-state index contributed by atoms with van der Waals surface area (Å²) in [5.74, 6) is -0.365. The van der Waals surface area contributed by atoms with E-state index in [9.17, 15) is 14.7 Å². The third kappa shape index (κ3) is 4.52. The first kappa shape index (κ1) is 20.3. The quantitative estimate of drug-likeness (QED) is 0.805. The molecule has 150 valence electrons. The van der Waals surface area contributed by atoms with E-state index in [1.54, 1.807) is 30.5 Å². The van der Waals surface area contributed by atoms with Crippen LogP contribution in [0.25, 0.3) is 11.1 Å². The number of aromatic nitrogens is 1. The van der Waals surface area contributed by atoms with Gasteiger partial charge in [0.05, 0.1) is 24.3 Å². The van der Waals surface area contributed by atoms with Gasteiger partial charge in [0.25, 0.3) is 5.91 Å². The Labute approximate surface area is 168 Å². The second-order valence-corrected chi connectivity index (χ2v) is 7.03. The van der Waals surface area contributed by atoms with Crippen LogP contribution in [0, 0.1) is 18.3 Å². The first-order valence-electron chi connectivity index (χ1n) is 9.19. The normalized spacial score (nSPS) is 18.3. The van der Waals surface area contributed by atoms with Crippen molar-refractivity contribution in [3.8, 4) is 17.2 Å². The number of nitriles is 1. The summed E-state index contributed by atoms with van der Waals surface area (Å²) in [6, 6.07) is 10.4. The van der Waals surface area contributed by atoms with Crippen molar-refractivity contribution in [2.45, 2.75) is 25.4 Å². The average Bonchev–Trinajstić information content (AvgIpc) is 3.11. The summed E-state index contributed by atoms with van der Waals surface area (Å²) in [6.45, 7) is 2.37. The van der Waals surface area contributed by atoms with Crippen molar-refractivity contribution >= 4 is 12.0 Å². The minimum absolute atomic E-state index is 0.206. The van der Waals surface area contributed by atoms with Crippen LogP contribution in [0.2, 0.25) is 0 Å². The number of carboxylic acid groups (broad SMARTS) is 1. The lowest BCUT2D eigenvalue weighted by atomic mass is 9.99. The first-order valence-corrected chi connectivity index (χ1v) is 9.19. The molecule has 1 aliphatic heterocycles. The van der Waals surface area contributed by atoms with Gasteiger partial charge in [0.1, 0.15) is 5.69 Å². The minimum atomic E-state index is -1.03. The van der Waals surface area contributed by atoms with Crippen molar-refractivity contribution in [1.82, 2.24) is 15.2 Å². The standard InChI is InChI=1S/C21H22N4O4/c1-13-10-23-19(8-18(13)15-5-3-4-14(6-15)9-22)20(26)24-16-7-17(12-29-2)25(11-16)21(27)28/h3-6,8,10,16-17H,7,11-12H2,1-2H3,(H,24,26)(H,27,28)/t16-,17+/m1/s1. The van der Waals surface area contributed by atoms with Gasteiger partial charge in [0.2, 0.25) is 0 Å². The molecular weight excluding hydrogens is 372 g/mol. The van der Waals surface area contributed by atoms with Gasteiger partial charge in [-0.1, -0.05) is 12.1 Å². The van der Waals surface area contributed by atoms with Crippen molar-refractivity contribution in [3.63, 3.8) is 0 Å². The monoisotopic (exact) mass is 394 g/mol. The summed E-state index contributed by atoms with van der Waals surface area (Å²) < 4.78 is 5.09. The summed E-state index contributed by atoms with van der Waals surface area (Å²) >= 11 is 0. The van der Waals surface area contributed by atoms with E-state index in [2.05, 4.69) is 16.4 Å². The maximum Gasteiger partial charge on any atom is 0.407 e. The van der Waals surface area contributed by atoms with Crippen molar-refractivity contribution in [3.05, 3.63) is 53.3 Å². The van der Waals surface area contributed by atoms with Gasteiger partial charge in [-0.25, -0.2) is 4.79 Å². The number of carbonyl (C=O) groups is 2. The van der Waals surface area contributed by atoms with E-state index in [0.717, 1.165) is 16.7 Å². The molecule has 3 rings (SSSR count). The summed E-state index contributed by atoms with van der Waals surface area (Å²) in [5.41, 5.74) is 3.31. The zero-order chi connectivity index (χ0) is 21.0. The number of benzene rings is 1. The smallest absolute Gasteiger partial charge is 0.407 e. The maximum atomic E-state index is 12.7. The predicted molar refractivity (Wildman–Crippen MR) is 105 cm³/mol. The molecule has 1 aliphatic rings. The van der Waals surface area contributed by atoms with Crippen LogP contribution < -0.4 is 5.32 Å². The molecule has 1 aromatic heterocycles. The lowest BCUT2D eigenvalue weighted by Crippen LogP contribution is -2.39. The number of hydrogen-bond donors (Lipinski definition) is 2. The Bertz CT molecular complexity index is 969. The second-order valence-electron chi connectivity index (χ2n) is 7.03. The van der Waals surface area contributed by atoms with E-state index in [-0.39, 0.29) is 36.8 Å². The third-order valence-electron chi connectivity index (χ3n) is 4.99. The van der Waals surface area contributed by atoms with Crippen LogP contribution in [0.15, 0.2) is 36.5 Å². The number of pyridine rings is 1. The molecule has 0 saturated carbocycles. The number of nitrogens with zero attached hydrogens (tertiary/aromatic N) is 3. The molecule has 2 amide bonds. The molecule has 0 aliphatic carbocycles. The fourth-order valence-corrected chi connectivity index (χ4v) is 3.58. The molecule has 0 radical (unpaired) electrons. The Morgan fingerprint density at radius 1 is 1.41 bits per heavy atom. The molecule has 8 nitrogen and oxygen atoms in total. The highest BCUT2D eigenvalue weighted by atomic mass is 16.5. The molecule has 0 unspecified atom stereocenters. The number of ether oxygens (including phenoxy) is 1. The van der Waals surface area contributed by atoms with Gasteiger partial charge in [-0.15, -0.1) is 0 Å². The maximum absolute atomic E-state index is 12.7. The number of nitrogens with one attached hydrogen (secondary N) is 1. The van der Waals surface area contributed by atoms with Gasteiger partial charge in [0.15, 0.2) is 0 Å². The average molecular weight is 394 g/mol. The summed E-state index contributed by atoms with van der Waals surface area (Å²) in [5, 5.41) is 21.3. The van der Waals surface area contributed by atoms with Crippen LogP contribution >= 0.6 is 0 Å². The van der Waals surface area contributed by atoms with Crippen LogP contribution in [0.3, 0.4) is 0 Å². The summed E-state index contributed by atoms with van der Waals surface area (Å²) in [4.78, 5) is 29.7. The van der Waals surface area contributed by atoms with E-state index < -0.39 is 6.09 Å². The molecule has 2 N–H and O–H groups in total. The number of aryl methyl sites for hydroxylation is 1. The van der Waals surface area contributed by atoms with Crippen LogP contribution in [0.1, 0.15) is 28.0 Å². The highest BCUT2D eigenvalue weighted by Gasteiger charge is 2.36. The molecule has 8 heteroatoms. The molecule has 29 heavy (non-hydrogen) atoms. The van der Waals surface area contributed by atoms with Crippen LogP contribution in [0.5, 0.6) is 0 Å². The second kappa shape index (κ2) is 8.71. The highest BCUT2D eigenvalue weighted by molar-refractivity contribution is 5.94. The Balaban J connectivity index is 1.78. The third-order valence-corrected chi connectivity index (χ3v) is 4.99. The Kier molecular flexibility index (Phi) is 6.10. The fourth-order valence-electron chi connectivity index (χ4n) is 3.58. The Morgan fingerprint density at radius 2 is 2.21 bits per heavy atom. The number of hydrogen-bond acceptors (Lipinski definition) is 5. The SMILES string of the molecule is COC[C@@H]1C[C@@H](NC(=O)c2cc(-c3cccc(C#N)c3)c(C)cn2)CN1C(=O)O. The zero-order valence-electron chi connectivity index (χ0n) is 16.3. The molecule has 2 atom stereocenters. The molecule has 0 bridgehead atoms. The van der Waals surface area contributed by atoms with Crippen LogP contribution in [0.4, 0.5) is 4.79 Å². The fraction of sp³-hybridized carbons (Fsp3) is 0.333. The van der Waals surface area contributed by atoms with Crippen molar-refractivity contribution in [1.29, 1.82) is 5.26 Å². The molecule has 2 aromatic rings. The number of carbonyl (C=O) groups excluding carboxylic acids is 1. The number of methoxy groups -OCH3 is 1. The highest BCUT2D eigenvalue weighted by Crippen LogP contribution is 2.25. The van der Waals surface area contributed by atoms with Crippen molar-refractivity contribution < 1.29 is 19.4 Å². The number of amides is 2. The van der Waals surface area contributed by atoms with Gasteiger partial charge in [-0.05, 0) is 48.2 Å². The van der Waals surface area contributed by atoms with Gasteiger partial charge < -0.3 is 20.1 Å². The largest absolute Gasteiger partial charge is 0.465 e. The van der Waals surface area contributed by atoms with Gasteiger partial charge in [0, 0.05) is 25.9 Å². The molecule has 2 heterocycles. The molecular formula is C21H22N4O4. The molecule has 1 fully saturated rings. The van der Waals surface area contributed by atoms with Crippen LogP contribution in [-0.2, 0) is 4.74 Å². The topological polar surface area (TPSA) is 116 Å². The van der Waals surface area contributed by atoms with E-state index in [1.807, 2.05) is 13.0 Å². The number of likely N-dealkylation sites (tertiary alicyclic amines) is 1. The first-order chi connectivity index (χ1) is 13.9. The van der Waals surface area contributed by atoms with Crippen molar-refractivity contribution in [2.24, 2.45) is 0 Å². The predicted octanol–water partition coefficient (Wildman–Crippen LogP) is 2.43. The Hall–Kier alpha value is -3.44.